The zero-order valence-corrected chi connectivity index (χ0v) is 16.1. The third-order valence-corrected chi connectivity index (χ3v) is 3.26. The van der Waals surface area contributed by atoms with Crippen molar-refractivity contribution in [1.82, 2.24) is 15.7 Å². The molecule has 0 aromatic heterocycles. The fourth-order valence-electron chi connectivity index (χ4n) is 2.12. The number of benzene rings is 1. The van der Waals surface area contributed by atoms with Crippen molar-refractivity contribution in [2.45, 2.75) is 52.1 Å². The van der Waals surface area contributed by atoms with Crippen LogP contribution in [0.3, 0.4) is 0 Å². The Bertz CT molecular complexity index is 591. The lowest BCUT2D eigenvalue weighted by atomic mass is 9.95. The SMILES string of the molecule is CON(C)C(=O)NC(C)(C)Cc1ccc(OC(=O)NC(C)(C)C)cc1. The molecule has 0 aliphatic rings. The number of nitrogens with zero attached hydrogens (tertiary/aromatic N) is 1. The number of hydrogen-bond acceptors (Lipinski definition) is 4. The van der Waals surface area contributed by atoms with Crippen LogP contribution in [0.2, 0.25) is 0 Å². The predicted octanol–water partition coefficient (Wildman–Crippen LogP) is 3.10. The van der Waals surface area contributed by atoms with Gasteiger partial charge in [0.15, 0.2) is 0 Å². The van der Waals surface area contributed by atoms with Gasteiger partial charge in [0.1, 0.15) is 5.75 Å². The highest BCUT2D eigenvalue weighted by molar-refractivity contribution is 5.73. The summed E-state index contributed by atoms with van der Waals surface area (Å²) in [4.78, 5) is 28.5. The van der Waals surface area contributed by atoms with Crippen LogP contribution < -0.4 is 15.4 Å². The Morgan fingerprint density at radius 2 is 1.60 bits per heavy atom. The molecule has 2 N–H and O–H groups in total. The monoisotopic (exact) mass is 351 g/mol. The van der Waals surface area contributed by atoms with Crippen LogP contribution in [0.25, 0.3) is 0 Å². The third-order valence-electron chi connectivity index (χ3n) is 3.26. The van der Waals surface area contributed by atoms with E-state index in [2.05, 4.69) is 10.6 Å². The van der Waals surface area contributed by atoms with Gasteiger partial charge in [0.2, 0.25) is 0 Å². The summed E-state index contributed by atoms with van der Waals surface area (Å²) in [6, 6.07) is 6.89. The van der Waals surface area contributed by atoms with Crippen LogP contribution in [-0.4, -0.2) is 42.4 Å². The van der Waals surface area contributed by atoms with Crippen molar-refractivity contribution in [2.75, 3.05) is 14.2 Å². The van der Waals surface area contributed by atoms with E-state index in [1.165, 1.54) is 7.11 Å². The molecule has 7 nitrogen and oxygen atoms in total. The van der Waals surface area contributed by atoms with Gasteiger partial charge >= 0.3 is 12.1 Å². The average molecular weight is 351 g/mol. The molecule has 3 amide bonds. The second kappa shape index (κ2) is 8.20. The molecule has 0 bridgehead atoms. The van der Waals surface area contributed by atoms with Crippen LogP contribution in [0.1, 0.15) is 40.2 Å². The largest absolute Gasteiger partial charge is 0.413 e. The molecule has 0 saturated heterocycles. The predicted molar refractivity (Wildman–Crippen MR) is 96.4 cm³/mol. The molecule has 0 fully saturated rings. The van der Waals surface area contributed by atoms with E-state index >= 15 is 0 Å². The Kier molecular flexibility index (Phi) is 6.81. The summed E-state index contributed by atoms with van der Waals surface area (Å²) in [5.41, 5.74) is 0.193. The Labute approximate surface area is 149 Å². The van der Waals surface area contributed by atoms with Gasteiger partial charge in [-0.3, -0.25) is 4.84 Å². The number of carbonyl (C=O) groups is 2. The number of urea groups is 1. The van der Waals surface area contributed by atoms with Gasteiger partial charge in [-0.05, 0) is 58.7 Å². The van der Waals surface area contributed by atoms with Gasteiger partial charge in [-0.15, -0.1) is 0 Å². The van der Waals surface area contributed by atoms with E-state index in [-0.39, 0.29) is 11.6 Å². The highest BCUT2D eigenvalue weighted by atomic mass is 16.7. The van der Waals surface area contributed by atoms with Gasteiger partial charge in [-0.2, -0.15) is 0 Å². The maximum absolute atomic E-state index is 11.9. The van der Waals surface area contributed by atoms with E-state index in [4.69, 9.17) is 9.57 Å². The third kappa shape index (κ3) is 7.89. The fourth-order valence-corrected chi connectivity index (χ4v) is 2.12. The molecule has 7 heteroatoms. The summed E-state index contributed by atoms with van der Waals surface area (Å²) in [5, 5.41) is 6.76. The van der Waals surface area contributed by atoms with Crippen LogP contribution in [0.15, 0.2) is 24.3 Å². The molecule has 0 unspecified atom stereocenters. The lowest BCUT2D eigenvalue weighted by molar-refractivity contribution is -0.0666. The molecule has 0 aliphatic heterocycles. The topological polar surface area (TPSA) is 79.9 Å². The Hall–Kier alpha value is -2.28. The average Bonchev–Trinajstić information content (AvgIpc) is 2.45. The van der Waals surface area contributed by atoms with E-state index < -0.39 is 11.6 Å². The summed E-state index contributed by atoms with van der Waals surface area (Å²) in [6.45, 7) is 9.50. The normalized spacial score (nSPS) is 11.6. The number of ether oxygens (including phenoxy) is 1. The fraction of sp³-hybridized carbons (Fsp3) is 0.556. The Balaban J connectivity index is 2.64. The number of nitrogens with one attached hydrogen (secondary N) is 2. The molecule has 25 heavy (non-hydrogen) atoms. The van der Waals surface area contributed by atoms with Crippen molar-refractivity contribution in [3.05, 3.63) is 29.8 Å². The zero-order chi connectivity index (χ0) is 19.3. The quantitative estimate of drug-likeness (QED) is 0.799. The summed E-state index contributed by atoms with van der Waals surface area (Å²) in [6.07, 6.45) is 0.126. The summed E-state index contributed by atoms with van der Waals surface area (Å²) in [5.74, 6) is 0.464. The van der Waals surface area contributed by atoms with Crippen LogP contribution in [0.5, 0.6) is 5.75 Å². The minimum Gasteiger partial charge on any atom is -0.410 e. The zero-order valence-electron chi connectivity index (χ0n) is 16.1. The van der Waals surface area contributed by atoms with E-state index in [1.807, 2.05) is 46.8 Å². The van der Waals surface area contributed by atoms with Crippen LogP contribution in [-0.2, 0) is 11.3 Å². The first-order valence-corrected chi connectivity index (χ1v) is 8.11. The molecule has 1 aromatic rings. The molecular weight excluding hydrogens is 322 g/mol. The number of carbonyl (C=O) groups excluding carboxylic acids is 2. The van der Waals surface area contributed by atoms with Crippen molar-refractivity contribution >= 4 is 12.1 Å². The van der Waals surface area contributed by atoms with Crippen LogP contribution in [0.4, 0.5) is 9.59 Å². The van der Waals surface area contributed by atoms with Crippen LogP contribution in [0, 0.1) is 0 Å². The number of rotatable bonds is 5. The molecule has 0 atom stereocenters. The molecule has 140 valence electrons. The second-order valence-electron chi connectivity index (χ2n) is 7.58. The smallest absolute Gasteiger partial charge is 0.410 e. The van der Waals surface area contributed by atoms with Gasteiger partial charge in [-0.1, -0.05) is 12.1 Å². The molecule has 0 radical (unpaired) electrons. The summed E-state index contributed by atoms with van der Waals surface area (Å²) >= 11 is 0. The minimum atomic E-state index is -0.490. The van der Waals surface area contributed by atoms with Gasteiger partial charge < -0.3 is 15.4 Å². The molecule has 0 spiro atoms. The molecule has 1 rings (SSSR count). The molecule has 0 aliphatic carbocycles. The first kappa shape index (κ1) is 20.8. The van der Waals surface area contributed by atoms with Crippen molar-refractivity contribution in [3.8, 4) is 5.75 Å². The lowest BCUT2D eigenvalue weighted by Crippen LogP contribution is -2.49. The molecule has 0 saturated carbocycles. The molecule has 0 heterocycles. The number of hydroxylamine groups is 2. The first-order chi connectivity index (χ1) is 11.4. The van der Waals surface area contributed by atoms with Crippen molar-refractivity contribution in [2.24, 2.45) is 0 Å². The summed E-state index contributed by atoms with van der Waals surface area (Å²) < 4.78 is 5.24. The minimum absolute atomic E-state index is 0.314. The highest BCUT2D eigenvalue weighted by Crippen LogP contribution is 2.18. The highest BCUT2D eigenvalue weighted by Gasteiger charge is 2.23. The number of amides is 3. The standard InChI is InChI=1S/C18H29N3O4/c1-17(2,3)20-16(23)25-14-10-8-13(9-11-14)12-18(4,5)19-15(22)21(6)24-7/h8-11H,12H2,1-7H3,(H,19,22)(H,20,23). The molecular formula is C18H29N3O4. The van der Waals surface area contributed by atoms with Crippen molar-refractivity contribution in [3.63, 3.8) is 0 Å². The van der Waals surface area contributed by atoms with Crippen molar-refractivity contribution in [1.29, 1.82) is 0 Å². The maximum Gasteiger partial charge on any atom is 0.413 e. The Morgan fingerprint density at radius 3 is 2.08 bits per heavy atom. The van der Waals surface area contributed by atoms with Gasteiger partial charge in [0.05, 0.1) is 7.11 Å². The molecule has 1 aromatic carbocycles. The van der Waals surface area contributed by atoms with E-state index in [0.717, 1.165) is 10.6 Å². The van der Waals surface area contributed by atoms with Gasteiger partial charge in [-0.25, -0.2) is 14.7 Å². The van der Waals surface area contributed by atoms with E-state index in [9.17, 15) is 9.59 Å². The summed E-state index contributed by atoms with van der Waals surface area (Å²) in [7, 11) is 2.97. The Morgan fingerprint density at radius 1 is 1.04 bits per heavy atom. The lowest BCUT2D eigenvalue weighted by Gasteiger charge is -2.28. The van der Waals surface area contributed by atoms with E-state index in [1.54, 1.807) is 19.2 Å². The van der Waals surface area contributed by atoms with E-state index in [0.29, 0.717) is 12.2 Å². The van der Waals surface area contributed by atoms with Gasteiger partial charge in [0.25, 0.3) is 0 Å². The maximum atomic E-state index is 11.9. The van der Waals surface area contributed by atoms with Crippen LogP contribution >= 0.6 is 0 Å². The second-order valence-corrected chi connectivity index (χ2v) is 7.58. The van der Waals surface area contributed by atoms with Crippen molar-refractivity contribution < 1.29 is 19.2 Å². The first-order valence-electron chi connectivity index (χ1n) is 8.11. The number of hydrogen-bond donors (Lipinski definition) is 2. The van der Waals surface area contributed by atoms with Gasteiger partial charge in [0, 0.05) is 18.1 Å².